The average molecular weight is 228 g/mol. The minimum atomic E-state index is -0.569. The first-order valence-corrected chi connectivity index (χ1v) is 5.88. The third-order valence-corrected chi connectivity index (χ3v) is 3.75. The zero-order valence-electron chi connectivity index (χ0n) is 10.2. The van der Waals surface area contributed by atoms with E-state index in [2.05, 4.69) is 30.3 Å². The summed E-state index contributed by atoms with van der Waals surface area (Å²) in [6, 6.07) is 8.58. The van der Waals surface area contributed by atoms with E-state index >= 15 is 0 Å². The fraction of sp³-hybridized carbons (Fsp3) is 0.333. The number of ether oxygens (including phenoxy) is 2. The van der Waals surface area contributed by atoms with E-state index in [1.54, 1.807) is 14.2 Å². The largest absolute Gasteiger partial charge is 0.349 e. The van der Waals surface area contributed by atoms with Gasteiger partial charge in [0.15, 0.2) is 5.79 Å². The molecule has 2 aliphatic rings. The Morgan fingerprint density at radius 1 is 1.12 bits per heavy atom. The smallest absolute Gasteiger partial charge is 0.191 e. The maximum absolute atomic E-state index is 5.49. The highest BCUT2D eigenvalue weighted by atomic mass is 16.7. The third-order valence-electron chi connectivity index (χ3n) is 3.75. The lowest BCUT2D eigenvalue weighted by atomic mass is 9.93. The van der Waals surface area contributed by atoms with Crippen molar-refractivity contribution >= 4 is 5.57 Å². The van der Waals surface area contributed by atoms with Crippen LogP contribution in [-0.2, 0) is 15.9 Å². The molecule has 0 N–H and O–H groups in total. The Morgan fingerprint density at radius 3 is 2.65 bits per heavy atom. The minimum Gasteiger partial charge on any atom is -0.349 e. The van der Waals surface area contributed by atoms with Crippen molar-refractivity contribution in [1.29, 1.82) is 0 Å². The Balaban J connectivity index is 1.99. The third kappa shape index (κ3) is 1.56. The van der Waals surface area contributed by atoms with Gasteiger partial charge in [0.25, 0.3) is 0 Å². The molecule has 3 rings (SSSR count). The molecule has 0 fully saturated rings. The first-order chi connectivity index (χ1) is 8.28. The van der Waals surface area contributed by atoms with Gasteiger partial charge >= 0.3 is 0 Å². The van der Waals surface area contributed by atoms with Crippen LogP contribution in [0.2, 0.25) is 0 Å². The lowest BCUT2D eigenvalue weighted by molar-refractivity contribution is -0.169. The molecule has 0 spiro atoms. The van der Waals surface area contributed by atoms with E-state index in [4.69, 9.17) is 9.47 Å². The lowest BCUT2D eigenvalue weighted by Crippen LogP contribution is -2.33. The number of benzene rings is 1. The number of rotatable bonds is 2. The van der Waals surface area contributed by atoms with E-state index in [0.717, 1.165) is 12.8 Å². The molecule has 0 bridgehead atoms. The van der Waals surface area contributed by atoms with Crippen LogP contribution in [0.25, 0.3) is 5.57 Å². The molecule has 1 aromatic rings. The first-order valence-electron chi connectivity index (χ1n) is 5.88. The first kappa shape index (κ1) is 10.8. The van der Waals surface area contributed by atoms with Crippen LogP contribution < -0.4 is 0 Å². The van der Waals surface area contributed by atoms with E-state index < -0.39 is 5.79 Å². The Hall–Kier alpha value is -1.38. The summed E-state index contributed by atoms with van der Waals surface area (Å²) in [5, 5.41) is 0. The fourth-order valence-electron chi connectivity index (χ4n) is 2.75. The van der Waals surface area contributed by atoms with Crippen LogP contribution in [-0.4, -0.2) is 20.0 Å². The Labute approximate surface area is 102 Å². The quantitative estimate of drug-likeness (QED) is 0.724. The summed E-state index contributed by atoms with van der Waals surface area (Å²) in [6.07, 6.45) is 6.00. The van der Waals surface area contributed by atoms with Crippen LogP contribution in [0.5, 0.6) is 0 Å². The fourth-order valence-corrected chi connectivity index (χ4v) is 2.75. The predicted molar refractivity (Wildman–Crippen MR) is 67.6 cm³/mol. The van der Waals surface area contributed by atoms with Gasteiger partial charge < -0.3 is 9.47 Å². The van der Waals surface area contributed by atoms with Crippen molar-refractivity contribution in [2.45, 2.75) is 18.6 Å². The molecule has 88 valence electrons. The molecule has 0 heterocycles. The summed E-state index contributed by atoms with van der Waals surface area (Å²) in [4.78, 5) is 0. The van der Waals surface area contributed by atoms with Gasteiger partial charge in [-0.2, -0.15) is 0 Å². The summed E-state index contributed by atoms with van der Waals surface area (Å²) in [7, 11) is 3.39. The highest BCUT2D eigenvalue weighted by molar-refractivity contribution is 5.84. The van der Waals surface area contributed by atoms with Crippen molar-refractivity contribution in [3.63, 3.8) is 0 Å². The molecular weight excluding hydrogens is 212 g/mol. The number of methoxy groups -OCH3 is 2. The Morgan fingerprint density at radius 2 is 1.88 bits per heavy atom. The van der Waals surface area contributed by atoms with Crippen LogP contribution in [0.4, 0.5) is 0 Å². The molecule has 0 atom stereocenters. The number of fused-ring (bicyclic) bond motifs is 2. The molecule has 0 amide bonds. The van der Waals surface area contributed by atoms with Crippen LogP contribution in [0.3, 0.4) is 0 Å². The van der Waals surface area contributed by atoms with Gasteiger partial charge in [-0.05, 0) is 29.2 Å². The molecule has 17 heavy (non-hydrogen) atoms. The second kappa shape index (κ2) is 3.83. The standard InChI is InChI=1S/C15H16O2/c1-16-15(17-2)8-7-14-12(10-15)9-11-5-3-4-6-13(11)14/h3-8H,9-10H2,1-2H3. The molecule has 0 saturated carbocycles. The molecule has 1 aromatic carbocycles. The van der Waals surface area contributed by atoms with Gasteiger partial charge in [-0.25, -0.2) is 0 Å². The van der Waals surface area contributed by atoms with Crippen LogP contribution >= 0.6 is 0 Å². The van der Waals surface area contributed by atoms with Gasteiger partial charge in [0.1, 0.15) is 0 Å². The summed E-state index contributed by atoms with van der Waals surface area (Å²) in [5.74, 6) is -0.569. The normalized spacial score (nSPS) is 20.4. The number of hydrogen-bond donors (Lipinski definition) is 0. The molecular formula is C15H16O2. The average Bonchev–Trinajstić information content (AvgIpc) is 2.75. The minimum absolute atomic E-state index is 0.569. The molecule has 0 saturated heterocycles. The molecule has 0 radical (unpaired) electrons. The second-order valence-corrected chi connectivity index (χ2v) is 4.58. The van der Waals surface area contributed by atoms with E-state index in [0.29, 0.717) is 0 Å². The van der Waals surface area contributed by atoms with Crippen molar-refractivity contribution in [3.8, 4) is 0 Å². The van der Waals surface area contributed by atoms with Gasteiger partial charge in [0.2, 0.25) is 0 Å². The molecule has 0 aromatic heterocycles. The monoisotopic (exact) mass is 228 g/mol. The van der Waals surface area contributed by atoms with Gasteiger partial charge in [-0.1, -0.05) is 35.9 Å². The van der Waals surface area contributed by atoms with E-state index in [9.17, 15) is 0 Å². The highest BCUT2D eigenvalue weighted by Gasteiger charge is 2.34. The predicted octanol–water partition coefficient (Wildman–Crippen LogP) is 2.95. The zero-order chi connectivity index (χ0) is 11.9. The summed E-state index contributed by atoms with van der Waals surface area (Å²) < 4.78 is 11.0. The number of allylic oxidation sites excluding steroid dienone is 2. The van der Waals surface area contributed by atoms with Crippen LogP contribution in [0, 0.1) is 0 Å². The summed E-state index contributed by atoms with van der Waals surface area (Å²) in [5.41, 5.74) is 5.53. The van der Waals surface area contributed by atoms with E-state index in [1.165, 1.54) is 22.3 Å². The number of hydrogen-bond acceptors (Lipinski definition) is 2. The topological polar surface area (TPSA) is 18.5 Å². The van der Waals surface area contributed by atoms with Crippen LogP contribution in [0.15, 0.2) is 42.0 Å². The van der Waals surface area contributed by atoms with Gasteiger partial charge in [-0.15, -0.1) is 0 Å². The van der Waals surface area contributed by atoms with Crippen LogP contribution in [0.1, 0.15) is 17.5 Å². The maximum Gasteiger partial charge on any atom is 0.191 e. The van der Waals surface area contributed by atoms with Crippen molar-refractivity contribution in [1.82, 2.24) is 0 Å². The Bertz CT molecular complexity index is 507. The van der Waals surface area contributed by atoms with Crippen molar-refractivity contribution in [2.75, 3.05) is 14.2 Å². The van der Waals surface area contributed by atoms with E-state index in [1.807, 2.05) is 6.08 Å². The maximum atomic E-state index is 5.49. The molecule has 2 nitrogen and oxygen atoms in total. The van der Waals surface area contributed by atoms with Crippen molar-refractivity contribution in [3.05, 3.63) is 53.1 Å². The van der Waals surface area contributed by atoms with E-state index in [-0.39, 0.29) is 0 Å². The zero-order valence-corrected chi connectivity index (χ0v) is 10.2. The summed E-state index contributed by atoms with van der Waals surface area (Å²) >= 11 is 0. The lowest BCUT2D eigenvalue weighted by Gasteiger charge is -2.31. The van der Waals surface area contributed by atoms with Gasteiger partial charge in [0.05, 0.1) is 0 Å². The van der Waals surface area contributed by atoms with Crippen molar-refractivity contribution < 1.29 is 9.47 Å². The molecule has 2 aliphatic carbocycles. The van der Waals surface area contributed by atoms with Gasteiger partial charge in [-0.3, -0.25) is 0 Å². The molecule has 2 heteroatoms. The Kier molecular flexibility index (Phi) is 2.42. The van der Waals surface area contributed by atoms with Crippen molar-refractivity contribution in [2.24, 2.45) is 0 Å². The SMILES string of the molecule is COC1(OC)C=CC2=C(Cc3ccccc32)C1. The van der Waals surface area contributed by atoms with Gasteiger partial charge in [0, 0.05) is 20.6 Å². The highest BCUT2D eigenvalue weighted by Crippen LogP contribution is 2.42. The molecule has 0 unspecified atom stereocenters. The molecule has 0 aliphatic heterocycles. The second-order valence-electron chi connectivity index (χ2n) is 4.58. The summed E-state index contributed by atoms with van der Waals surface area (Å²) in [6.45, 7) is 0.